The monoisotopic (exact) mass is 381 g/mol. The molecule has 0 amide bonds. The Kier molecular flexibility index (Phi) is 5.13. The number of benzene rings is 1. The molecule has 1 N–H and O–H groups in total. The van der Waals surface area contributed by atoms with Crippen LogP contribution in [-0.2, 0) is 14.8 Å². The summed E-state index contributed by atoms with van der Waals surface area (Å²) in [5, 5.41) is 0.216. The third-order valence-electron chi connectivity index (χ3n) is 3.61. The van der Waals surface area contributed by atoms with Gasteiger partial charge >= 0.3 is 0 Å². The molecule has 2 rings (SSSR count). The largest absolute Gasteiger partial charge is 0.385 e. The van der Waals surface area contributed by atoms with Crippen LogP contribution in [0.4, 0.5) is 0 Å². The Morgan fingerprint density at radius 3 is 2.70 bits per heavy atom. The van der Waals surface area contributed by atoms with E-state index in [1.165, 1.54) is 6.07 Å². The van der Waals surface area contributed by atoms with E-state index < -0.39 is 10.0 Å². The summed E-state index contributed by atoms with van der Waals surface area (Å²) in [7, 11) is -1.91. The van der Waals surface area contributed by atoms with Crippen LogP contribution >= 0.6 is 27.5 Å². The molecule has 1 aromatic rings. The maximum Gasteiger partial charge on any atom is 0.242 e. The highest BCUT2D eigenvalue weighted by molar-refractivity contribution is 9.10. The summed E-state index contributed by atoms with van der Waals surface area (Å²) < 4.78 is 33.0. The van der Waals surface area contributed by atoms with Crippen LogP contribution in [0, 0.1) is 5.41 Å². The summed E-state index contributed by atoms with van der Waals surface area (Å²) in [5.41, 5.74) is 0.0604. The summed E-state index contributed by atoms with van der Waals surface area (Å²) in [6, 6.07) is 4.75. The minimum Gasteiger partial charge on any atom is -0.385 e. The van der Waals surface area contributed by atoms with Gasteiger partial charge in [0, 0.05) is 24.7 Å². The zero-order valence-electron chi connectivity index (χ0n) is 11.2. The van der Waals surface area contributed by atoms with Crippen molar-refractivity contribution in [3.05, 3.63) is 27.7 Å². The second kappa shape index (κ2) is 6.32. The Balaban J connectivity index is 2.04. The van der Waals surface area contributed by atoms with Crippen molar-refractivity contribution < 1.29 is 13.2 Å². The van der Waals surface area contributed by atoms with E-state index in [4.69, 9.17) is 16.3 Å². The zero-order valence-corrected chi connectivity index (χ0v) is 14.3. The van der Waals surface area contributed by atoms with E-state index in [0.717, 1.165) is 23.7 Å². The number of ether oxygens (including phenoxy) is 1. The first kappa shape index (κ1) is 16.2. The van der Waals surface area contributed by atoms with E-state index in [1.807, 2.05) is 0 Å². The van der Waals surface area contributed by atoms with Crippen LogP contribution in [-0.4, -0.2) is 28.7 Å². The number of hydrogen-bond donors (Lipinski definition) is 1. The second-order valence-corrected chi connectivity index (χ2v) is 8.20. The fourth-order valence-corrected chi connectivity index (χ4v) is 4.22. The lowest BCUT2D eigenvalue weighted by Crippen LogP contribution is -2.31. The van der Waals surface area contributed by atoms with Crippen LogP contribution in [0.15, 0.2) is 27.6 Å². The molecule has 7 heteroatoms. The summed E-state index contributed by atoms with van der Waals surface area (Å²) in [4.78, 5) is 0.116. The predicted molar refractivity (Wildman–Crippen MR) is 82.5 cm³/mol. The van der Waals surface area contributed by atoms with Gasteiger partial charge in [0.2, 0.25) is 10.0 Å². The molecule has 1 fully saturated rings. The van der Waals surface area contributed by atoms with Gasteiger partial charge in [-0.25, -0.2) is 13.1 Å². The summed E-state index contributed by atoms with van der Waals surface area (Å²) in [6.07, 6.45) is 2.94. The van der Waals surface area contributed by atoms with Gasteiger partial charge in [-0.3, -0.25) is 0 Å². The molecule has 0 radical (unpaired) electrons. The molecule has 0 unspecified atom stereocenters. The molecule has 1 aromatic carbocycles. The molecule has 0 aliphatic heterocycles. The van der Waals surface area contributed by atoms with E-state index in [9.17, 15) is 8.42 Å². The molecule has 0 spiro atoms. The van der Waals surface area contributed by atoms with Crippen molar-refractivity contribution in [2.45, 2.75) is 24.2 Å². The first-order chi connectivity index (χ1) is 9.38. The van der Waals surface area contributed by atoms with Crippen LogP contribution in [0.5, 0.6) is 0 Å². The number of rotatable bonds is 7. The Morgan fingerprint density at radius 1 is 1.45 bits per heavy atom. The number of hydrogen-bond acceptors (Lipinski definition) is 3. The molecule has 1 aliphatic rings. The molecule has 1 saturated carbocycles. The maximum absolute atomic E-state index is 12.3. The van der Waals surface area contributed by atoms with Crippen LogP contribution in [0.2, 0.25) is 5.02 Å². The van der Waals surface area contributed by atoms with Crippen molar-refractivity contribution >= 4 is 37.6 Å². The predicted octanol–water partition coefficient (Wildman–Crippen LogP) is 3.20. The smallest absolute Gasteiger partial charge is 0.242 e. The van der Waals surface area contributed by atoms with Gasteiger partial charge in [0.1, 0.15) is 4.90 Å². The lowest BCUT2D eigenvalue weighted by molar-refractivity contribution is 0.173. The molecule has 0 aromatic heterocycles. The van der Waals surface area contributed by atoms with Crippen molar-refractivity contribution in [3.63, 3.8) is 0 Å². The molecule has 0 saturated heterocycles. The fraction of sp³-hybridized carbons (Fsp3) is 0.538. The Morgan fingerprint density at radius 2 is 2.15 bits per heavy atom. The van der Waals surface area contributed by atoms with Gasteiger partial charge in [-0.2, -0.15) is 0 Å². The van der Waals surface area contributed by atoms with Gasteiger partial charge in [-0.05, 0) is 42.9 Å². The molecular formula is C13H17BrClNO3S. The number of sulfonamides is 1. The molecular weight excluding hydrogens is 366 g/mol. The van der Waals surface area contributed by atoms with Crippen molar-refractivity contribution in [2.75, 3.05) is 20.3 Å². The SMILES string of the molecule is COCCC1(CNS(=O)(=O)c2ccc(Br)cc2Cl)CC1. The van der Waals surface area contributed by atoms with E-state index in [-0.39, 0.29) is 15.3 Å². The Bertz CT molecular complexity index is 587. The highest BCUT2D eigenvalue weighted by atomic mass is 79.9. The summed E-state index contributed by atoms with van der Waals surface area (Å²) in [6.45, 7) is 1.09. The molecule has 20 heavy (non-hydrogen) atoms. The molecule has 0 bridgehead atoms. The fourth-order valence-electron chi connectivity index (χ4n) is 2.03. The van der Waals surface area contributed by atoms with Gasteiger partial charge in [0.05, 0.1) is 5.02 Å². The molecule has 0 atom stereocenters. The van der Waals surface area contributed by atoms with E-state index in [0.29, 0.717) is 13.2 Å². The van der Waals surface area contributed by atoms with Crippen molar-refractivity contribution in [1.82, 2.24) is 4.72 Å². The average Bonchev–Trinajstić information content (AvgIpc) is 3.14. The standard InChI is InChI=1S/C13H17BrClNO3S/c1-19-7-6-13(4-5-13)9-16-20(17,18)12-3-2-10(14)8-11(12)15/h2-3,8,16H,4-7,9H2,1H3. The Hall–Kier alpha value is -0.140. The maximum atomic E-state index is 12.3. The van der Waals surface area contributed by atoms with Gasteiger partial charge in [-0.15, -0.1) is 0 Å². The second-order valence-electron chi connectivity index (χ2n) is 5.14. The van der Waals surface area contributed by atoms with Gasteiger partial charge in [0.15, 0.2) is 0 Å². The number of methoxy groups -OCH3 is 1. The minimum atomic E-state index is -3.57. The van der Waals surface area contributed by atoms with Crippen molar-refractivity contribution in [3.8, 4) is 0 Å². The minimum absolute atomic E-state index is 0.0604. The number of nitrogens with one attached hydrogen (secondary N) is 1. The summed E-state index contributed by atoms with van der Waals surface area (Å²) in [5.74, 6) is 0. The van der Waals surface area contributed by atoms with Crippen LogP contribution in [0.3, 0.4) is 0 Å². The first-order valence-corrected chi connectivity index (χ1v) is 8.98. The van der Waals surface area contributed by atoms with Crippen molar-refractivity contribution in [2.24, 2.45) is 5.41 Å². The average molecular weight is 383 g/mol. The van der Waals surface area contributed by atoms with Crippen molar-refractivity contribution in [1.29, 1.82) is 0 Å². The van der Waals surface area contributed by atoms with Crippen LogP contribution in [0.25, 0.3) is 0 Å². The van der Waals surface area contributed by atoms with E-state index in [1.54, 1.807) is 19.2 Å². The quantitative estimate of drug-likeness (QED) is 0.788. The van der Waals surface area contributed by atoms with E-state index in [2.05, 4.69) is 20.7 Å². The lowest BCUT2D eigenvalue weighted by atomic mass is 10.0. The molecule has 1 aliphatic carbocycles. The normalized spacial score (nSPS) is 17.1. The highest BCUT2D eigenvalue weighted by Crippen LogP contribution is 2.48. The van der Waals surface area contributed by atoms with Gasteiger partial charge in [0.25, 0.3) is 0 Å². The van der Waals surface area contributed by atoms with E-state index >= 15 is 0 Å². The third-order valence-corrected chi connectivity index (χ3v) is 5.99. The molecule has 4 nitrogen and oxygen atoms in total. The molecule has 112 valence electrons. The summed E-state index contributed by atoms with van der Waals surface area (Å²) >= 11 is 9.25. The molecule has 0 heterocycles. The highest BCUT2D eigenvalue weighted by Gasteiger charge is 2.42. The van der Waals surface area contributed by atoms with Gasteiger partial charge in [-0.1, -0.05) is 27.5 Å². The number of halogens is 2. The third kappa shape index (κ3) is 3.95. The first-order valence-electron chi connectivity index (χ1n) is 6.32. The van der Waals surface area contributed by atoms with Gasteiger partial charge < -0.3 is 4.74 Å². The van der Waals surface area contributed by atoms with Crippen LogP contribution in [0.1, 0.15) is 19.3 Å². The zero-order chi connectivity index (χ0) is 14.8. The topological polar surface area (TPSA) is 55.4 Å². The lowest BCUT2D eigenvalue weighted by Gasteiger charge is -2.16. The van der Waals surface area contributed by atoms with Crippen LogP contribution < -0.4 is 4.72 Å². The Labute approximate surface area is 133 Å².